The number of hydrogen-bond donors (Lipinski definition) is 0. The van der Waals surface area contributed by atoms with Gasteiger partial charge in [-0.1, -0.05) is 74.4 Å². The van der Waals surface area contributed by atoms with Crippen LogP contribution in [0.4, 0.5) is 0 Å². The topological polar surface area (TPSA) is 3.24 Å². The van der Waals surface area contributed by atoms with Crippen molar-refractivity contribution < 1.29 is 0 Å². The van der Waals surface area contributed by atoms with E-state index in [0.29, 0.717) is 11.3 Å². The summed E-state index contributed by atoms with van der Waals surface area (Å²) in [6.45, 7) is 3.65. The van der Waals surface area contributed by atoms with Gasteiger partial charge in [-0.3, -0.25) is 4.90 Å². The van der Waals surface area contributed by atoms with E-state index in [0.717, 1.165) is 11.6 Å². The summed E-state index contributed by atoms with van der Waals surface area (Å²) >= 11 is 6.63. The van der Waals surface area contributed by atoms with Crippen LogP contribution in [0, 0.1) is 5.41 Å². The Morgan fingerprint density at radius 3 is 2.33 bits per heavy atom. The molecule has 27 heavy (non-hydrogen) atoms. The second-order valence-corrected chi connectivity index (χ2v) is 9.79. The highest BCUT2D eigenvalue weighted by Crippen LogP contribution is 2.44. The second-order valence-electron chi connectivity index (χ2n) is 9.38. The molecule has 1 aromatic rings. The molecule has 0 amide bonds. The summed E-state index contributed by atoms with van der Waals surface area (Å²) in [5.41, 5.74) is 3.34. The molecule has 1 saturated heterocycles. The zero-order chi connectivity index (χ0) is 18.5. The number of benzene rings is 1. The summed E-state index contributed by atoms with van der Waals surface area (Å²) in [5.74, 6) is 0.685. The Labute approximate surface area is 171 Å². The maximum Gasteiger partial charge on any atom is 0.0446 e. The van der Waals surface area contributed by atoms with E-state index < -0.39 is 0 Å². The molecule has 1 spiro atoms. The Kier molecular flexibility index (Phi) is 6.61. The Morgan fingerprint density at radius 1 is 0.926 bits per heavy atom. The Morgan fingerprint density at radius 2 is 1.63 bits per heavy atom. The van der Waals surface area contributed by atoms with Gasteiger partial charge in [0.1, 0.15) is 0 Å². The van der Waals surface area contributed by atoms with Gasteiger partial charge in [0.15, 0.2) is 0 Å². The van der Waals surface area contributed by atoms with Crippen LogP contribution in [-0.2, 0) is 0 Å². The van der Waals surface area contributed by atoms with Crippen LogP contribution in [0.2, 0.25) is 5.02 Å². The molecule has 2 saturated carbocycles. The third kappa shape index (κ3) is 4.98. The maximum absolute atomic E-state index is 6.63. The molecule has 2 heteroatoms. The van der Waals surface area contributed by atoms with Crippen LogP contribution < -0.4 is 0 Å². The number of halogens is 1. The van der Waals surface area contributed by atoms with Crippen molar-refractivity contribution in [3.8, 4) is 0 Å². The van der Waals surface area contributed by atoms with E-state index >= 15 is 0 Å². The second kappa shape index (κ2) is 9.14. The highest BCUT2D eigenvalue weighted by atomic mass is 35.5. The van der Waals surface area contributed by atoms with Gasteiger partial charge in [-0.05, 0) is 80.1 Å². The van der Waals surface area contributed by atoms with Gasteiger partial charge in [0, 0.05) is 11.6 Å². The van der Waals surface area contributed by atoms with Crippen LogP contribution in [0.1, 0.15) is 94.1 Å². The molecule has 4 rings (SSSR count). The molecule has 148 valence electrons. The lowest BCUT2D eigenvalue weighted by atomic mass is 9.68. The van der Waals surface area contributed by atoms with E-state index in [2.05, 4.69) is 35.3 Å². The summed E-state index contributed by atoms with van der Waals surface area (Å²) in [6, 6.07) is 6.72. The van der Waals surface area contributed by atoms with Crippen molar-refractivity contribution in [2.24, 2.45) is 5.41 Å². The quantitative estimate of drug-likeness (QED) is 0.520. The van der Waals surface area contributed by atoms with E-state index in [1.54, 1.807) is 0 Å². The van der Waals surface area contributed by atoms with E-state index in [1.165, 1.54) is 101 Å². The molecule has 1 nitrogen and oxygen atoms in total. The standard InChI is InChI=1S/C25H36ClN/c26-24-20-21(11-12-23(24)22-9-3-1-4-10-22)8-7-17-27-18-15-25(16-19-27)13-5-2-6-14-25/h7-8,11-12,20,22H,1-6,9-10,13-19H2. The van der Waals surface area contributed by atoms with Gasteiger partial charge in [-0.25, -0.2) is 0 Å². The predicted molar refractivity (Wildman–Crippen MR) is 118 cm³/mol. The first kappa shape index (κ1) is 19.5. The summed E-state index contributed by atoms with van der Waals surface area (Å²) in [7, 11) is 0. The largest absolute Gasteiger partial charge is 0.300 e. The number of hydrogen-bond acceptors (Lipinski definition) is 1. The molecule has 0 aromatic heterocycles. The maximum atomic E-state index is 6.63. The SMILES string of the molecule is Clc1cc(C=CCN2CCC3(CCCCC3)CC2)ccc1C1CCCCC1. The zero-order valence-electron chi connectivity index (χ0n) is 16.9. The van der Waals surface area contributed by atoms with Gasteiger partial charge in [0.25, 0.3) is 0 Å². The van der Waals surface area contributed by atoms with E-state index in [9.17, 15) is 0 Å². The smallest absolute Gasteiger partial charge is 0.0446 e. The van der Waals surface area contributed by atoms with E-state index in [1.807, 2.05) is 0 Å². The molecule has 0 atom stereocenters. The molecule has 3 fully saturated rings. The lowest BCUT2D eigenvalue weighted by Crippen LogP contribution is -2.41. The molecule has 0 unspecified atom stereocenters. The van der Waals surface area contributed by atoms with Gasteiger partial charge >= 0.3 is 0 Å². The Balaban J connectivity index is 1.28. The molecule has 2 aliphatic carbocycles. The minimum Gasteiger partial charge on any atom is -0.300 e. The van der Waals surface area contributed by atoms with Gasteiger partial charge in [-0.15, -0.1) is 0 Å². The molecular formula is C25H36ClN. The van der Waals surface area contributed by atoms with Crippen LogP contribution in [0.15, 0.2) is 24.3 Å². The summed E-state index contributed by atoms with van der Waals surface area (Å²) in [6.07, 6.45) is 21.6. The van der Waals surface area contributed by atoms with Crippen molar-refractivity contribution in [1.82, 2.24) is 4.90 Å². The number of rotatable bonds is 4. The first-order valence-corrected chi connectivity index (χ1v) is 11.8. The molecule has 0 N–H and O–H groups in total. The van der Waals surface area contributed by atoms with Crippen LogP contribution in [0.5, 0.6) is 0 Å². The minimum absolute atomic E-state index is 0.685. The van der Waals surface area contributed by atoms with Gasteiger partial charge < -0.3 is 0 Å². The lowest BCUT2D eigenvalue weighted by molar-refractivity contribution is 0.0738. The molecule has 1 heterocycles. The molecule has 1 aliphatic heterocycles. The van der Waals surface area contributed by atoms with Gasteiger partial charge in [0.2, 0.25) is 0 Å². The summed E-state index contributed by atoms with van der Waals surface area (Å²) in [4.78, 5) is 2.63. The molecular weight excluding hydrogens is 350 g/mol. The fourth-order valence-electron chi connectivity index (χ4n) is 5.74. The van der Waals surface area contributed by atoms with E-state index in [4.69, 9.17) is 11.6 Å². The summed E-state index contributed by atoms with van der Waals surface area (Å²) in [5, 5.41) is 0.973. The van der Waals surface area contributed by atoms with Crippen LogP contribution in [-0.4, -0.2) is 24.5 Å². The minimum atomic E-state index is 0.685. The molecule has 0 radical (unpaired) electrons. The fraction of sp³-hybridized carbons (Fsp3) is 0.680. The van der Waals surface area contributed by atoms with Gasteiger partial charge in [0.05, 0.1) is 0 Å². The third-order valence-electron chi connectivity index (χ3n) is 7.57. The zero-order valence-corrected chi connectivity index (χ0v) is 17.7. The number of piperidine rings is 1. The summed E-state index contributed by atoms with van der Waals surface area (Å²) < 4.78 is 0. The predicted octanol–water partition coefficient (Wildman–Crippen LogP) is 7.45. The van der Waals surface area contributed by atoms with E-state index in [-0.39, 0.29) is 0 Å². The Hall–Kier alpha value is -0.790. The van der Waals surface area contributed by atoms with Crippen molar-refractivity contribution >= 4 is 17.7 Å². The third-order valence-corrected chi connectivity index (χ3v) is 7.90. The van der Waals surface area contributed by atoms with Crippen molar-refractivity contribution in [3.05, 3.63) is 40.4 Å². The van der Waals surface area contributed by atoms with Crippen LogP contribution >= 0.6 is 11.6 Å². The highest BCUT2D eigenvalue weighted by Gasteiger charge is 2.34. The van der Waals surface area contributed by atoms with Crippen LogP contribution in [0.25, 0.3) is 6.08 Å². The molecule has 1 aromatic carbocycles. The van der Waals surface area contributed by atoms with Crippen molar-refractivity contribution in [3.63, 3.8) is 0 Å². The van der Waals surface area contributed by atoms with Crippen molar-refractivity contribution in [1.29, 1.82) is 0 Å². The highest BCUT2D eigenvalue weighted by molar-refractivity contribution is 6.31. The molecule has 3 aliphatic rings. The van der Waals surface area contributed by atoms with Gasteiger partial charge in [-0.2, -0.15) is 0 Å². The average molecular weight is 386 g/mol. The Bertz CT molecular complexity index is 628. The first-order valence-electron chi connectivity index (χ1n) is 11.4. The fourth-order valence-corrected chi connectivity index (χ4v) is 6.08. The normalized spacial score (nSPS) is 24.6. The van der Waals surface area contributed by atoms with Crippen molar-refractivity contribution in [2.75, 3.05) is 19.6 Å². The monoisotopic (exact) mass is 385 g/mol. The first-order chi connectivity index (χ1) is 13.2. The lowest BCUT2D eigenvalue weighted by Gasteiger charge is -2.44. The number of likely N-dealkylation sites (tertiary alicyclic amines) is 1. The number of nitrogens with zero attached hydrogens (tertiary/aromatic N) is 1. The van der Waals surface area contributed by atoms with Crippen molar-refractivity contribution in [2.45, 2.75) is 83.0 Å². The average Bonchev–Trinajstić information content (AvgIpc) is 2.71. The van der Waals surface area contributed by atoms with Crippen LogP contribution in [0.3, 0.4) is 0 Å². The molecule has 0 bridgehead atoms.